The van der Waals surface area contributed by atoms with E-state index in [1.54, 1.807) is 0 Å². The molecule has 1 amide bonds. The van der Waals surface area contributed by atoms with Crippen molar-refractivity contribution in [3.63, 3.8) is 0 Å². The molecule has 0 radical (unpaired) electrons. The summed E-state index contributed by atoms with van der Waals surface area (Å²) in [6, 6.07) is 0. The fraction of sp³-hybridized carbons (Fsp3) is 0.750. The Morgan fingerprint density at radius 2 is 2.31 bits per heavy atom. The van der Waals surface area contributed by atoms with Crippen molar-refractivity contribution in [2.24, 2.45) is 4.99 Å². The third-order valence-electron chi connectivity index (χ3n) is 1.37. The van der Waals surface area contributed by atoms with Crippen LogP contribution in [0.1, 0.15) is 20.8 Å². The van der Waals surface area contributed by atoms with Gasteiger partial charge in [-0.25, -0.2) is 9.80 Å². The molecule has 0 atom stereocenters. The van der Waals surface area contributed by atoms with E-state index in [0.29, 0.717) is 13.1 Å². The number of hydrogen-bond acceptors (Lipinski definition) is 4. The zero-order valence-corrected chi connectivity index (χ0v) is 8.20. The van der Waals surface area contributed by atoms with Crippen LogP contribution in [0.2, 0.25) is 0 Å². The molecule has 74 valence electrons. The Morgan fingerprint density at radius 3 is 2.77 bits per heavy atom. The lowest BCUT2D eigenvalue weighted by atomic mass is 10.2. The Morgan fingerprint density at radius 1 is 1.62 bits per heavy atom. The molecule has 1 rings (SSSR count). The zero-order valence-electron chi connectivity index (χ0n) is 8.20. The first-order chi connectivity index (χ1) is 5.99. The summed E-state index contributed by atoms with van der Waals surface area (Å²) in [4.78, 5) is 15.3. The number of hydrazine groups is 1. The molecule has 5 nitrogen and oxygen atoms in total. The molecule has 13 heavy (non-hydrogen) atoms. The highest BCUT2D eigenvalue weighted by atomic mass is 16.6. The molecule has 0 bridgehead atoms. The van der Waals surface area contributed by atoms with Crippen LogP contribution in [0, 0.1) is 0 Å². The maximum Gasteiger partial charge on any atom is 0.429 e. The first-order valence-electron chi connectivity index (χ1n) is 4.24. The molecule has 0 fully saturated rings. The van der Waals surface area contributed by atoms with Gasteiger partial charge in [-0.3, -0.25) is 10.4 Å². The van der Waals surface area contributed by atoms with Gasteiger partial charge >= 0.3 is 6.09 Å². The fourth-order valence-electron chi connectivity index (χ4n) is 0.858. The number of aliphatic imine (C=N–C) groups is 1. The second-order valence-electron chi connectivity index (χ2n) is 3.80. The third-order valence-corrected chi connectivity index (χ3v) is 1.37. The first kappa shape index (κ1) is 9.83. The highest BCUT2D eigenvalue weighted by molar-refractivity contribution is 5.71. The number of ether oxygens (including phenoxy) is 1. The second-order valence-corrected chi connectivity index (χ2v) is 3.80. The van der Waals surface area contributed by atoms with E-state index in [2.05, 4.69) is 10.4 Å². The molecular formula is C8H15N3O2. The van der Waals surface area contributed by atoms with Gasteiger partial charge in [-0.15, -0.1) is 0 Å². The summed E-state index contributed by atoms with van der Waals surface area (Å²) in [6.07, 6.45) is 1.13. The molecule has 1 aliphatic heterocycles. The quantitative estimate of drug-likeness (QED) is 0.606. The van der Waals surface area contributed by atoms with Gasteiger partial charge in [0.2, 0.25) is 0 Å². The van der Waals surface area contributed by atoms with Crippen LogP contribution in [0.4, 0.5) is 4.79 Å². The van der Waals surface area contributed by atoms with Crippen LogP contribution < -0.4 is 5.43 Å². The molecule has 0 saturated heterocycles. The van der Waals surface area contributed by atoms with Crippen molar-refractivity contribution in [2.75, 3.05) is 13.1 Å². The predicted octanol–water partition coefficient (Wildman–Crippen LogP) is 0.770. The van der Waals surface area contributed by atoms with Crippen molar-refractivity contribution in [3.8, 4) is 0 Å². The summed E-state index contributed by atoms with van der Waals surface area (Å²) in [6.45, 7) is 6.67. The topological polar surface area (TPSA) is 53.9 Å². The Balaban J connectivity index is 2.43. The van der Waals surface area contributed by atoms with E-state index in [9.17, 15) is 4.79 Å². The molecule has 0 aromatic carbocycles. The van der Waals surface area contributed by atoms with E-state index in [4.69, 9.17) is 4.74 Å². The molecule has 1 heterocycles. The Hall–Kier alpha value is -1.26. The van der Waals surface area contributed by atoms with Crippen LogP contribution >= 0.6 is 0 Å². The summed E-state index contributed by atoms with van der Waals surface area (Å²) in [5, 5.41) is 1.40. The summed E-state index contributed by atoms with van der Waals surface area (Å²) >= 11 is 0. The monoisotopic (exact) mass is 185 g/mol. The van der Waals surface area contributed by atoms with E-state index >= 15 is 0 Å². The predicted molar refractivity (Wildman–Crippen MR) is 49.4 cm³/mol. The lowest BCUT2D eigenvalue weighted by Gasteiger charge is -2.27. The molecular weight excluding hydrogens is 170 g/mol. The van der Waals surface area contributed by atoms with Crippen molar-refractivity contribution in [1.82, 2.24) is 10.4 Å². The number of hydrogen-bond donors (Lipinski definition) is 1. The number of carbonyl (C=O) groups excluding carboxylic acids is 1. The lowest BCUT2D eigenvalue weighted by molar-refractivity contribution is 0.0194. The van der Waals surface area contributed by atoms with Gasteiger partial charge in [0.05, 0.1) is 13.1 Å². The number of carbonyl (C=O) groups is 1. The van der Waals surface area contributed by atoms with E-state index in [0.717, 1.165) is 0 Å². The molecule has 0 aliphatic carbocycles. The normalized spacial score (nSPS) is 16.7. The minimum atomic E-state index is -0.451. The number of nitrogens with one attached hydrogen (secondary N) is 1. The van der Waals surface area contributed by atoms with Crippen molar-refractivity contribution in [3.05, 3.63) is 0 Å². The van der Waals surface area contributed by atoms with Crippen LogP contribution in [0.5, 0.6) is 0 Å². The van der Waals surface area contributed by atoms with Crippen molar-refractivity contribution in [1.29, 1.82) is 0 Å². The van der Waals surface area contributed by atoms with Crippen LogP contribution in [0.3, 0.4) is 0 Å². The molecule has 1 aliphatic rings. The van der Waals surface area contributed by atoms with Gasteiger partial charge in [0.1, 0.15) is 11.9 Å². The summed E-state index contributed by atoms with van der Waals surface area (Å²) in [5.74, 6) is 0. The summed E-state index contributed by atoms with van der Waals surface area (Å²) in [7, 11) is 0. The van der Waals surface area contributed by atoms with Gasteiger partial charge < -0.3 is 4.74 Å². The number of amides is 1. The standard InChI is InChI=1S/C8H15N3O2/c1-8(2,3)13-7(12)11-5-4-9-6-10-11/h6H,4-5H2,1-3H3,(H,9,10). The van der Waals surface area contributed by atoms with E-state index in [1.165, 1.54) is 11.3 Å². The molecule has 1 N–H and O–H groups in total. The largest absolute Gasteiger partial charge is 0.442 e. The fourth-order valence-corrected chi connectivity index (χ4v) is 0.858. The maximum atomic E-state index is 11.4. The van der Waals surface area contributed by atoms with E-state index in [1.807, 2.05) is 20.8 Å². The van der Waals surface area contributed by atoms with Gasteiger partial charge in [0, 0.05) is 0 Å². The van der Waals surface area contributed by atoms with Gasteiger partial charge in [-0.05, 0) is 20.8 Å². The SMILES string of the molecule is CC(C)(C)OC(=O)N1CCN=CN1. The minimum absolute atomic E-state index is 0.362. The van der Waals surface area contributed by atoms with Crippen LogP contribution in [0.15, 0.2) is 4.99 Å². The van der Waals surface area contributed by atoms with Crippen molar-refractivity contribution in [2.45, 2.75) is 26.4 Å². The molecule has 0 aromatic heterocycles. The highest BCUT2D eigenvalue weighted by Crippen LogP contribution is 2.08. The van der Waals surface area contributed by atoms with Gasteiger partial charge in [-0.1, -0.05) is 0 Å². The average molecular weight is 185 g/mol. The average Bonchev–Trinajstić information content (AvgIpc) is 2.03. The van der Waals surface area contributed by atoms with Gasteiger partial charge in [-0.2, -0.15) is 0 Å². The van der Waals surface area contributed by atoms with E-state index in [-0.39, 0.29) is 6.09 Å². The van der Waals surface area contributed by atoms with E-state index < -0.39 is 5.60 Å². The van der Waals surface area contributed by atoms with Crippen LogP contribution in [0.25, 0.3) is 0 Å². The molecule has 0 unspecified atom stereocenters. The molecule has 0 aromatic rings. The number of nitrogens with zero attached hydrogens (tertiary/aromatic N) is 2. The Kier molecular flexibility index (Phi) is 2.75. The molecule has 0 spiro atoms. The van der Waals surface area contributed by atoms with Gasteiger partial charge in [0.25, 0.3) is 0 Å². The Bertz CT molecular complexity index is 220. The summed E-state index contributed by atoms with van der Waals surface area (Å²) < 4.78 is 5.14. The molecule has 0 saturated carbocycles. The van der Waals surface area contributed by atoms with Crippen LogP contribution in [-0.2, 0) is 4.74 Å². The third kappa shape index (κ3) is 3.31. The Labute approximate surface area is 77.7 Å². The lowest BCUT2D eigenvalue weighted by Crippen LogP contribution is -2.48. The van der Waals surface area contributed by atoms with Crippen molar-refractivity contribution >= 4 is 12.4 Å². The summed E-state index contributed by atoms with van der Waals surface area (Å²) in [5.41, 5.74) is 2.26. The van der Waals surface area contributed by atoms with Crippen molar-refractivity contribution < 1.29 is 9.53 Å². The second kappa shape index (κ2) is 3.64. The smallest absolute Gasteiger partial charge is 0.429 e. The zero-order chi connectivity index (χ0) is 9.90. The number of rotatable bonds is 0. The minimum Gasteiger partial charge on any atom is -0.442 e. The highest BCUT2D eigenvalue weighted by Gasteiger charge is 2.22. The molecule has 5 heteroatoms. The maximum absolute atomic E-state index is 11.4. The first-order valence-corrected chi connectivity index (χ1v) is 4.24. The van der Waals surface area contributed by atoms with Gasteiger partial charge in [0.15, 0.2) is 0 Å². The van der Waals surface area contributed by atoms with Crippen LogP contribution in [-0.4, -0.2) is 36.1 Å².